The molecule has 1 aromatic carbocycles. The van der Waals surface area contributed by atoms with E-state index in [2.05, 4.69) is 5.32 Å². The van der Waals surface area contributed by atoms with E-state index in [1.54, 1.807) is 24.3 Å². The first kappa shape index (κ1) is 14.5. The average molecular weight is 274 g/mol. The SMILES string of the molecule is CC1(CCNC(=O)c2cccc(C#N)c2)OCCCO1. The number of amides is 1. The summed E-state index contributed by atoms with van der Waals surface area (Å²) in [6.07, 6.45) is 1.50. The van der Waals surface area contributed by atoms with Gasteiger partial charge in [0.15, 0.2) is 5.79 Å². The summed E-state index contributed by atoms with van der Waals surface area (Å²) in [4.78, 5) is 12.0. The summed E-state index contributed by atoms with van der Waals surface area (Å²) < 4.78 is 11.1. The van der Waals surface area contributed by atoms with Crippen LogP contribution in [-0.2, 0) is 9.47 Å². The van der Waals surface area contributed by atoms with Crippen LogP contribution >= 0.6 is 0 Å². The molecule has 2 rings (SSSR count). The third-order valence-corrected chi connectivity index (χ3v) is 3.22. The molecule has 106 valence electrons. The summed E-state index contributed by atoms with van der Waals surface area (Å²) in [5, 5.41) is 11.6. The third kappa shape index (κ3) is 3.80. The summed E-state index contributed by atoms with van der Waals surface area (Å²) >= 11 is 0. The van der Waals surface area contributed by atoms with Gasteiger partial charge in [-0.15, -0.1) is 0 Å². The molecule has 20 heavy (non-hydrogen) atoms. The molecule has 5 heteroatoms. The van der Waals surface area contributed by atoms with Crippen molar-refractivity contribution in [2.45, 2.75) is 25.6 Å². The largest absolute Gasteiger partial charge is 0.352 e. The third-order valence-electron chi connectivity index (χ3n) is 3.22. The van der Waals surface area contributed by atoms with E-state index >= 15 is 0 Å². The lowest BCUT2D eigenvalue weighted by Gasteiger charge is -2.33. The zero-order valence-corrected chi connectivity index (χ0v) is 11.5. The molecule has 0 saturated carbocycles. The number of carbonyl (C=O) groups is 1. The van der Waals surface area contributed by atoms with Crippen molar-refractivity contribution >= 4 is 5.91 Å². The van der Waals surface area contributed by atoms with Crippen LogP contribution in [0.2, 0.25) is 0 Å². The molecule has 0 unspecified atom stereocenters. The molecule has 0 atom stereocenters. The van der Waals surface area contributed by atoms with Crippen molar-refractivity contribution in [1.29, 1.82) is 5.26 Å². The van der Waals surface area contributed by atoms with Gasteiger partial charge in [-0.1, -0.05) is 6.07 Å². The van der Waals surface area contributed by atoms with E-state index in [1.807, 2.05) is 13.0 Å². The summed E-state index contributed by atoms with van der Waals surface area (Å²) in [6.45, 7) is 3.73. The van der Waals surface area contributed by atoms with Crippen molar-refractivity contribution in [3.05, 3.63) is 35.4 Å². The molecule has 1 aromatic rings. The molecular weight excluding hydrogens is 256 g/mol. The Morgan fingerprint density at radius 1 is 1.45 bits per heavy atom. The summed E-state index contributed by atoms with van der Waals surface area (Å²) in [6, 6.07) is 8.64. The van der Waals surface area contributed by atoms with Crippen molar-refractivity contribution in [2.75, 3.05) is 19.8 Å². The fourth-order valence-electron chi connectivity index (χ4n) is 2.06. The maximum atomic E-state index is 12.0. The summed E-state index contributed by atoms with van der Waals surface area (Å²) in [7, 11) is 0. The van der Waals surface area contributed by atoms with Gasteiger partial charge in [0.25, 0.3) is 5.91 Å². The number of carbonyl (C=O) groups excluding carboxylic acids is 1. The molecular formula is C15H18N2O3. The molecule has 0 bridgehead atoms. The molecule has 1 amide bonds. The second kappa shape index (κ2) is 6.51. The molecule has 1 N–H and O–H groups in total. The smallest absolute Gasteiger partial charge is 0.251 e. The van der Waals surface area contributed by atoms with Crippen molar-refractivity contribution in [2.24, 2.45) is 0 Å². The molecule has 1 heterocycles. The van der Waals surface area contributed by atoms with Crippen LogP contribution in [-0.4, -0.2) is 31.5 Å². The van der Waals surface area contributed by atoms with E-state index < -0.39 is 5.79 Å². The molecule has 5 nitrogen and oxygen atoms in total. The molecule has 0 radical (unpaired) electrons. The molecule has 0 spiro atoms. The number of benzene rings is 1. The van der Waals surface area contributed by atoms with E-state index in [4.69, 9.17) is 14.7 Å². The number of nitrogens with one attached hydrogen (secondary N) is 1. The van der Waals surface area contributed by atoms with E-state index in [0.717, 1.165) is 6.42 Å². The Balaban J connectivity index is 1.84. The highest BCUT2D eigenvalue weighted by Crippen LogP contribution is 2.21. The van der Waals surface area contributed by atoms with E-state index in [-0.39, 0.29) is 5.91 Å². The second-order valence-corrected chi connectivity index (χ2v) is 4.88. The molecule has 0 aliphatic carbocycles. The van der Waals surface area contributed by atoms with Crippen LogP contribution in [0.4, 0.5) is 0 Å². The van der Waals surface area contributed by atoms with Gasteiger partial charge < -0.3 is 14.8 Å². The van der Waals surface area contributed by atoms with Crippen molar-refractivity contribution in [1.82, 2.24) is 5.32 Å². The van der Waals surface area contributed by atoms with Crippen LogP contribution in [0, 0.1) is 11.3 Å². The van der Waals surface area contributed by atoms with Crippen LogP contribution in [0.1, 0.15) is 35.7 Å². The van der Waals surface area contributed by atoms with Crippen molar-refractivity contribution < 1.29 is 14.3 Å². The Morgan fingerprint density at radius 2 is 2.20 bits per heavy atom. The second-order valence-electron chi connectivity index (χ2n) is 4.88. The predicted molar refractivity (Wildman–Crippen MR) is 73.0 cm³/mol. The normalized spacial score (nSPS) is 17.2. The van der Waals surface area contributed by atoms with Crippen LogP contribution in [0.25, 0.3) is 0 Å². The summed E-state index contributed by atoms with van der Waals surface area (Å²) in [5.41, 5.74) is 0.961. The Morgan fingerprint density at radius 3 is 2.90 bits per heavy atom. The monoisotopic (exact) mass is 274 g/mol. The topological polar surface area (TPSA) is 71.4 Å². The van der Waals surface area contributed by atoms with Gasteiger partial charge in [-0.05, 0) is 31.5 Å². The lowest BCUT2D eigenvalue weighted by molar-refractivity contribution is -0.257. The standard InChI is InChI=1S/C15H18N2O3/c1-15(19-8-3-9-20-15)6-7-17-14(18)13-5-2-4-12(10-13)11-16/h2,4-5,10H,3,6-9H2,1H3,(H,17,18). The maximum absolute atomic E-state index is 12.0. The molecule has 1 fully saturated rings. The number of hydrogen-bond acceptors (Lipinski definition) is 4. The van der Waals surface area contributed by atoms with Crippen LogP contribution in [0.5, 0.6) is 0 Å². The van der Waals surface area contributed by atoms with Gasteiger partial charge in [0.2, 0.25) is 0 Å². The number of nitrogens with zero attached hydrogens (tertiary/aromatic N) is 1. The molecule has 0 aromatic heterocycles. The Labute approximate surface area is 118 Å². The first-order valence-corrected chi connectivity index (χ1v) is 6.69. The number of hydrogen-bond donors (Lipinski definition) is 1. The minimum atomic E-state index is -0.611. The average Bonchev–Trinajstić information content (AvgIpc) is 2.48. The molecule has 1 aliphatic rings. The van der Waals surface area contributed by atoms with Gasteiger partial charge in [-0.25, -0.2) is 0 Å². The zero-order valence-electron chi connectivity index (χ0n) is 11.5. The van der Waals surface area contributed by atoms with Gasteiger partial charge in [0, 0.05) is 18.5 Å². The van der Waals surface area contributed by atoms with Crippen molar-refractivity contribution in [3.8, 4) is 6.07 Å². The highest BCUT2D eigenvalue weighted by atomic mass is 16.7. The predicted octanol–water partition coefficient (Wildman–Crippen LogP) is 1.83. The Hall–Kier alpha value is -1.90. The fraction of sp³-hybridized carbons (Fsp3) is 0.467. The van der Waals surface area contributed by atoms with E-state index in [9.17, 15) is 4.79 Å². The lowest BCUT2D eigenvalue weighted by atomic mass is 10.1. The first-order chi connectivity index (χ1) is 9.63. The van der Waals surface area contributed by atoms with Gasteiger partial charge in [-0.3, -0.25) is 4.79 Å². The van der Waals surface area contributed by atoms with Gasteiger partial charge >= 0.3 is 0 Å². The van der Waals surface area contributed by atoms with Gasteiger partial charge in [0.05, 0.1) is 24.8 Å². The van der Waals surface area contributed by atoms with Crippen LogP contribution < -0.4 is 5.32 Å². The van der Waals surface area contributed by atoms with E-state index in [1.165, 1.54) is 0 Å². The van der Waals surface area contributed by atoms with Crippen LogP contribution in [0.15, 0.2) is 24.3 Å². The number of rotatable bonds is 4. The lowest BCUT2D eigenvalue weighted by Crippen LogP contribution is -2.40. The minimum Gasteiger partial charge on any atom is -0.352 e. The Kier molecular flexibility index (Phi) is 4.72. The van der Waals surface area contributed by atoms with Crippen LogP contribution in [0.3, 0.4) is 0 Å². The fourth-order valence-corrected chi connectivity index (χ4v) is 2.06. The number of nitriles is 1. The molecule has 1 aliphatic heterocycles. The Bertz CT molecular complexity index is 516. The molecule has 1 saturated heterocycles. The van der Waals surface area contributed by atoms with E-state index in [0.29, 0.717) is 37.3 Å². The number of ether oxygens (including phenoxy) is 2. The van der Waals surface area contributed by atoms with Gasteiger partial charge in [0.1, 0.15) is 0 Å². The van der Waals surface area contributed by atoms with Gasteiger partial charge in [-0.2, -0.15) is 5.26 Å². The zero-order chi connectivity index (χ0) is 14.4. The minimum absolute atomic E-state index is 0.193. The quantitative estimate of drug-likeness (QED) is 0.909. The first-order valence-electron chi connectivity index (χ1n) is 6.69. The highest BCUT2D eigenvalue weighted by molar-refractivity contribution is 5.94. The van der Waals surface area contributed by atoms with Crippen molar-refractivity contribution in [3.63, 3.8) is 0 Å². The highest BCUT2D eigenvalue weighted by Gasteiger charge is 2.28. The maximum Gasteiger partial charge on any atom is 0.251 e. The summed E-state index contributed by atoms with van der Waals surface area (Å²) in [5.74, 6) is -0.804.